The Morgan fingerprint density at radius 1 is 0.971 bits per heavy atom. The summed E-state index contributed by atoms with van der Waals surface area (Å²) in [6.45, 7) is -0.212. The van der Waals surface area contributed by atoms with Crippen LogP contribution in [0.2, 0.25) is 0 Å². The molecule has 0 bridgehead atoms. The summed E-state index contributed by atoms with van der Waals surface area (Å²) in [6, 6.07) is 17.7. The maximum atomic E-state index is 13.4. The van der Waals surface area contributed by atoms with E-state index < -0.39 is 5.69 Å². The van der Waals surface area contributed by atoms with Crippen LogP contribution in [0.15, 0.2) is 71.5 Å². The molecule has 0 spiro atoms. The number of nitrogens with zero attached hydrogens (tertiary/aromatic N) is 4. The molecule has 34 heavy (non-hydrogen) atoms. The Morgan fingerprint density at radius 3 is 2.44 bits per heavy atom. The molecule has 0 saturated carbocycles. The molecule has 5 aromatic rings. The highest BCUT2D eigenvalue weighted by atomic mass is 19.1. The summed E-state index contributed by atoms with van der Waals surface area (Å²) in [5.41, 5.74) is 1.34. The number of hydrogen-bond acceptors (Lipinski definition) is 6. The summed E-state index contributed by atoms with van der Waals surface area (Å²) in [6.07, 6.45) is 0. The first-order chi connectivity index (χ1) is 16.5. The quantitative estimate of drug-likeness (QED) is 0.360. The first-order valence-corrected chi connectivity index (χ1v) is 10.4. The lowest BCUT2D eigenvalue weighted by atomic mass is 10.1. The van der Waals surface area contributed by atoms with Crippen LogP contribution in [-0.4, -0.2) is 39.2 Å². The maximum Gasteiger partial charge on any atom is 0.351 e. The van der Waals surface area contributed by atoms with E-state index >= 15 is 0 Å². The molecule has 0 aliphatic carbocycles. The molecule has 0 aliphatic rings. The topological polar surface area (TPSA) is 87.7 Å². The molecule has 0 atom stereocenters. The van der Waals surface area contributed by atoms with Crippen molar-refractivity contribution in [2.45, 2.75) is 6.54 Å². The molecule has 0 unspecified atom stereocenters. The van der Waals surface area contributed by atoms with E-state index in [1.807, 2.05) is 12.1 Å². The maximum absolute atomic E-state index is 13.4. The van der Waals surface area contributed by atoms with Crippen LogP contribution in [0, 0.1) is 5.82 Å². The fraction of sp³-hybridized carbons (Fsp3) is 0.120. The number of ether oxygens (including phenoxy) is 2. The van der Waals surface area contributed by atoms with Gasteiger partial charge >= 0.3 is 5.69 Å². The van der Waals surface area contributed by atoms with Gasteiger partial charge < -0.3 is 9.47 Å². The summed E-state index contributed by atoms with van der Waals surface area (Å²) in [4.78, 5) is 31.1. The summed E-state index contributed by atoms with van der Waals surface area (Å²) < 4.78 is 26.4. The van der Waals surface area contributed by atoms with Crippen LogP contribution in [0.3, 0.4) is 0 Å². The van der Waals surface area contributed by atoms with Gasteiger partial charge in [-0.05, 0) is 54.6 Å². The Labute approximate surface area is 192 Å². The summed E-state index contributed by atoms with van der Waals surface area (Å²) in [5, 5.41) is 5.01. The zero-order valence-corrected chi connectivity index (χ0v) is 18.4. The van der Waals surface area contributed by atoms with Crippen LogP contribution in [0.5, 0.6) is 11.5 Å². The van der Waals surface area contributed by atoms with Crippen molar-refractivity contribution in [3.8, 4) is 22.9 Å². The lowest BCUT2D eigenvalue weighted by Crippen LogP contribution is -2.30. The molecule has 0 saturated heterocycles. The number of para-hydroxylation sites is 1. The highest BCUT2D eigenvalue weighted by molar-refractivity contribution is 5.98. The molecule has 0 radical (unpaired) electrons. The van der Waals surface area contributed by atoms with E-state index in [0.29, 0.717) is 39.2 Å². The Balaban J connectivity index is 1.63. The Bertz CT molecular complexity index is 1610. The zero-order chi connectivity index (χ0) is 23.8. The summed E-state index contributed by atoms with van der Waals surface area (Å²) in [7, 11) is 3.00. The van der Waals surface area contributed by atoms with Crippen molar-refractivity contribution < 1.29 is 18.7 Å². The summed E-state index contributed by atoms with van der Waals surface area (Å²) in [5.74, 6) is 0.534. The smallest absolute Gasteiger partial charge is 0.351 e. The van der Waals surface area contributed by atoms with Crippen molar-refractivity contribution in [2.24, 2.45) is 0 Å². The van der Waals surface area contributed by atoms with Gasteiger partial charge in [0.2, 0.25) is 0 Å². The number of methoxy groups -OCH3 is 2. The molecular formula is C25H19FN4O4. The van der Waals surface area contributed by atoms with Crippen molar-refractivity contribution in [1.82, 2.24) is 19.2 Å². The van der Waals surface area contributed by atoms with Gasteiger partial charge in [0.25, 0.3) is 0 Å². The van der Waals surface area contributed by atoms with Crippen molar-refractivity contribution in [1.29, 1.82) is 0 Å². The number of carbonyl (C=O) groups is 1. The molecule has 0 aliphatic heterocycles. The van der Waals surface area contributed by atoms with E-state index in [0.717, 1.165) is 0 Å². The van der Waals surface area contributed by atoms with Crippen molar-refractivity contribution >= 4 is 22.3 Å². The van der Waals surface area contributed by atoms with Crippen LogP contribution >= 0.6 is 0 Å². The average Bonchev–Trinajstić information content (AvgIpc) is 3.32. The lowest BCUT2D eigenvalue weighted by Gasteiger charge is -2.12. The molecule has 8 nitrogen and oxygen atoms in total. The van der Waals surface area contributed by atoms with Crippen LogP contribution in [0.25, 0.3) is 27.9 Å². The molecule has 2 aromatic heterocycles. The molecule has 0 amide bonds. The van der Waals surface area contributed by atoms with E-state index in [1.165, 1.54) is 35.4 Å². The minimum Gasteiger partial charge on any atom is -0.493 e. The first kappa shape index (κ1) is 21.3. The minimum atomic E-state index is -0.511. The lowest BCUT2D eigenvalue weighted by molar-refractivity contribution is 0.0971. The van der Waals surface area contributed by atoms with Gasteiger partial charge in [-0.15, -0.1) is 5.10 Å². The third-order valence-corrected chi connectivity index (χ3v) is 5.56. The van der Waals surface area contributed by atoms with Gasteiger partial charge in [0.15, 0.2) is 28.8 Å². The Morgan fingerprint density at radius 2 is 1.71 bits per heavy atom. The van der Waals surface area contributed by atoms with E-state index in [4.69, 9.17) is 9.47 Å². The van der Waals surface area contributed by atoms with Gasteiger partial charge in [0, 0.05) is 16.5 Å². The van der Waals surface area contributed by atoms with Crippen LogP contribution in [-0.2, 0) is 6.54 Å². The van der Waals surface area contributed by atoms with Crippen molar-refractivity contribution in [3.63, 3.8) is 0 Å². The second kappa shape index (κ2) is 8.43. The van der Waals surface area contributed by atoms with E-state index in [2.05, 4.69) is 10.1 Å². The molecule has 0 fully saturated rings. The number of benzene rings is 3. The highest BCUT2D eigenvalue weighted by Gasteiger charge is 2.19. The van der Waals surface area contributed by atoms with Gasteiger partial charge in [-0.1, -0.05) is 12.1 Å². The van der Waals surface area contributed by atoms with E-state index in [9.17, 15) is 14.0 Å². The predicted molar refractivity (Wildman–Crippen MR) is 124 cm³/mol. The molecular weight excluding hydrogens is 439 g/mol. The number of rotatable bonds is 6. The fourth-order valence-electron chi connectivity index (χ4n) is 3.85. The predicted octanol–water partition coefficient (Wildman–Crippen LogP) is 3.75. The number of halogens is 1. The third kappa shape index (κ3) is 3.57. The molecule has 170 valence electrons. The van der Waals surface area contributed by atoms with Crippen molar-refractivity contribution in [2.75, 3.05) is 14.2 Å². The van der Waals surface area contributed by atoms with Gasteiger partial charge in [0.05, 0.1) is 26.3 Å². The molecule has 2 heterocycles. The van der Waals surface area contributed by atoms with Crippen LogP contribution in [0.4, 0.5) is 4.39 Å². The number of ketones is 1. The molecule has 9 heteroatoms. The SMILES string of the molecule is COc1ccc(C(=O)Cn2c(=O)n3nc(-c4ccc(F)cc4)nc3c3ccccc32)cc1OC. The number of Topliss-reactive ketones (excluding diaryl/α,β-unsaturated/α-hetero) is 1. The number of aromatic nitrogens is 4. The first-order valence-electron chi connectivity index (χ1n) is 10.4. The van der Waals surface area contributed by atoms with Crippen molar-refractivity contribution in [3.05, 3.63) is 88.6 Å². The van der Waals surface area contributed by atoms with E-state index in [-0.39, 0.29) is 24.0 Å². The van der Waals surface area contributed by atoms with Gasteiger partial charge in [-0.2, -0.15) is 4.52 Å². The number of fused-ring (bicyclic) bond motifs is 3. The molecule has 5 rings (SSSR count). The molecule has 3 aromatic carbocycles. The van der Waals surface area contributed by atoms with Crippen LogP contribution in [0.1, 0.15) is 10.4 Å². The second-order valence-electron chi connectivity index (χ2n) is 7.56. The molecule has 0 N–H and O–H groups in total. The average molecular weight is 458 g/mol. The summed E-state index contributed by atoms with van der Waals surface area (Å²) >= 11 is 0. The third-order valence-electron chi connectivity index (χ3n) is 5.56. The van der Waals surface area contributed by atoms with Gasteiger partial charge in [-0.25, -0.2) is 14.2 Å². The highest BCUT2D eigenvalue weighted by Crippen LogP contribution is 2.28. The number of hydrogen-bond donors (Lipinski definition) is 0. The second-order valence-corrected chi connectivity index (χ2v) is 7.56. The van der Waals surface area contributed by atoms with Gasteiger partial charge in [-0.3, -0.25) is 9.36 Å². The minimum absolute atomic E-state index is 0.212. The van der Waals surface area contributed by atoms with E-state index in [1.54, 1.807) is 42.5 Å². The monoisotopic (exact) mass is 458 g/mol. The Kier molecular flexibility index (Phi) is 5.29. The number of carbonyl (C=O) groups excluding carboxylic acids is 1. The largest absolute Gasteiger partial charge is 0.493 e. The fourth-order valence-corrected chi connectivity index (χ4v) is 3.85. The van der Waals surface area contributed by atoms with Crippen LogP contribution < -0.4 is 15.2 Å². The van der Waals surface area contributed by atoms with Gasteiger partial charge in [0.1, 0.15) is 5.82 Å². The Hall–Kier alpha value is -4.53. The standard InChI is InChI=1S/C25H19FN4O4/c1-33-21-12-9-16(13-22(21)34-2)20(31)14-29-19-6-4-3-5-18(19)24-27-23(28-30(24)25(29)32)15-7-10-17(26)11-8-15/h3-13H,14H2,1-2H3. The normalized spacial score (nSPS) is 11.1. The zero-order valence-electron chi connectivity index (χ0n) is 18.4.